The van der Waals surface area contributed by atoms with E-state index in [0.717, 1.165) is 25.0 Å². The molecule has 2 fully saturated rings. The molecule has 1 amide bonds. The summed E-state index contributed by atoms with van der Waals surface area (Å²) in [4.78, 5) is 27.7. The highest BCUT2D eigenvalue weighted by molar-refractivity contribution is 5.91. The number of carbonyl (C=O) groups is 1. The van der Waals surface area contributed by atoms with Crippen LogP contribution in [-0.4, -0.2) is 56.8 Å². The second-order valence-corrected chi connectivity index (χ2v) is 6.70. The van der Waals surface area contributed by atoms with Gasteiger partial charge in [0.2, 0.25) is 5.95 Å². The van der Waals surface area contributed by atoms with Crippen molar-refractivity contribution >= 4 is 11.9 Å². The fourth-order valence-electron chi connectivity index (χ4n) is 3.67. The van der Waals surface area contributed by atoms with E-state index in [1.54, 1.807) is 17.0 Å². The standard InChI is InChI=1S/C17H22N6O2/c1-11-8-19-17(20-9-11)23-10-12(14-13(23)4-3-7-25-14)21-16(24)15-18-5-6-22(15)2/h5-6,8-9,12-14H,3-4,7,10H2,1-2H3,(H,21,24)/t12-,13-,14-/m1/s1. The smallest absolute Gasteiger partial charge is 0.287 e. The van der Waals surface area contributed by atoms with E-state index in [-0.39, 0.29) is 24.1 Å². The van der Waals surface area contributed by atoms with Crippen LogP contribution in [0.25, 0.3) is 0 Å². The second-order valence-electron chi connectivity index (χ2n) is 6.70. The molecule has 4 rings (SSSR count). The number of aryl methyl sites for hydroxylation is 2. The number of hydrogen-bond donors (Lipinski definition) is 1. The molecule has 1 N–H and O–H groups in total. The van der Waals surface area contributed by atoms with Crippen molar-refractivity contribution in [2.45, 2.75) is 38.0 Å². The van der Waals surface area contributed by atoms with Crippen LogP contribution in [0.15, 0.2) is 24.8 Å². The number of fused-ring (bicyclic) bond motifs is 1. The predicted molar refractivity (Wildman–Crippen MR) is 91.3 cm³/mol. The zero-order chi connectivity index (χ0) is 17.4. The van der Waals surface area contributed by atoms with Crippen LogP contribution in [0.3, 0.4) is 0 Å². The van der Waals surface area contributed by atoms with Gasteiger partial charge in [-0.05, 0) is 25.3 Å². The van der Waals surface area contributed by atoms with Gasteiger partial charge in [-0.2, -0.15) is 0 Å². The van der Waals surface area contributed by atoms with Crippen molar-refractivity contribution in [3.63, 3.8) is 0 Å². The van der Waals surface area contributed by atoms with Gasteiger partial charge in [0.15, 0.2) is 5.82 Å². The van der Waals surface area contributed by atoms with Gasteiger partial charge in [-0.1, -0.05) is 0 Å². The molecule has 4 heterocycles. The monoisotopic (exact) mass is 342 g/mol. The Balaban J connectivity index is 1.55. The lowest BCUT2D eigenvalue weighted by atomic mass is 10.0. The summed E-state index contributed by atoms with van der Waals surface area (Å²) in [6, 6.07) is 0.0718. The number of rotatable bonds is 3. The highest BCUT2D eigenvalue weighted by Crippen LogP contribution is 2.31. The van der Waals surface area contributed by atoms with E-state index in [1.165, 1.54) is 0 Å². The van der Waals surface area contributed by atoms with Gasteiger partial charge in [0, 0.05) is 45.0 Å². The van der Waals surface area contributed by atoms with Crippen LogP contribution >= 0.6 is 0 Å². The molecule has 2 aliphatic rings. The zero-order valence-electron chi connectivity index (χ0n) is 14.4. The first kappa shape index (κ1) is 16.0. The van der Waals surface area contributed by atoms with Crippen LogP contribution < -0.4 is 10.2 Å². The van der Waals surface area contributed by atoms with Crippen LogP contribution in [0.4, 0.5) is 5.95 Å². The first-order chi connectivity index (χ1) is 12.1. The van der Waals surface area contributed by atoms with Crippen molar-refractivity contribution in [2.75, 3.05) is 18.1 Å². The molecule has 0 unspecified atom stereocenters. The Kier molecular flexibility index (Phi) is 4.12. The molecule has 2 aliphatic heterocycles. The first-order valence-electron chi connectivity index (χ1n) is 8.58. The molecule has 0 aliphatic carbocycles. The topological polar surface area (TPSA) is 85.2 Å². The van der Waals surface area contributed by atoms with Crippen molar-refractivity contribution in [3.8, 4) is 0 Å². The highest BCUT2D eigenvalue weighted by Gasteiger charge is 2.45. The molecule has 0 aromatic carbocycles. The molecule has 8 nitrogen and oxygen atoms in total. The summed E-state index contributed by atoms with van der Waals surface area (Å²) >= 11 is 0. The Bertz CT molecular complexity index is 759. The van der Waals surface area contributed by atoms with E-state index < -0.39 is 0 Å². The molecule has 0 saturated carbocycles. The number of nitrogens with one attached hydrogen (secondary N) is 1. The van der Waals surface area contributed by atoms with Gasteiger partial charge in [-0.15, -0.1) is 0 Å². The third-order valence-corrected chi connectivity index (χ3v) is 4.89. The van der Waals surface area contributed by atoms with Crippen LogP contribution in [0.5, 0.6) is 0 Å². The summed E-state index contributed by atoms with van der Waals surface area (Å²) < 4.78 is 7.71. The summed E-state index contributed by atoms with van der Waals surface area (Å²) in [6.45, 7) is 3.32. The zero-order valence-corrected chi connectivity index (χ0v) is 14.4. The molecule has 2 aromatic heterocycles. The number of carbonyl (C=O) groups excluding carboxylic acids is 1. The highest BCUT2D eigenvalue weighted by atomic mass is 16.5. The lowest BCUT2D eigenvalue weighted by Gasteiger charge is -2.32. The van der Waals surface area contributed by atoms with E-state index in [4.69, 9.17) is 4.74 Å². The number of anilines is 1. The molecule has 2 aromatic rings. The van der Waals surface area contributed by atoms with Crippen molar-refractivity contribution in [1.82, 2.24) is 24.8 Å². The van der Waals surface area contributed by atoms with E-state index in [1.807, 2.05) is 26.4 Å². The van der Waals surface area contributed by atoms with Gasteiger partial charge in [-0.3, -0.25) is 4.79 Å². The van der Waals surface area contributed by atoms with Crippen LogP contribution in [0, 0.1) is 6.92 Å². The molecule has 25 heavy (non-hydrogen) atoms. The largest absolute Gasteiger partial charge is 0.374 e. The van der Waals surface area contributed by atoms with Gasteiger partial charge in [0.05, 0.1) is 18.2 Å². The number of amides is 1. The minimum Gasteiger partial charge on any atom is -0.374 e. The molecule has 0 radical (unpaired) electrons. The quantitative estimate of drug-likeness (QED) is 0.883. The summed E-state index contributed by atoms with van der Waals surface area (Å²) in [7, 11) is 1.81. The molecule has 0 bridgehead atoms. The first-order valence-corrected chi connectivity index (χ1v) is 8.58. The van der Waals surface area contributed by atoms with Crippen molar-refractivity contribution in [3.05, 3.63) is 36.2 Å². The van der Waals surface area contributed by atoms with Gasteiger partial charge in [0.25, 0.3) is 5.91 Å². The molecule has 132 valence electrons. The fourth-order valence-corrected chi connectivity index (χ4v) is 3.67. The molecular formula is C17H22N6O2. The molecule has 3 atom stereocenters. The second kappa shape index (κ2) is 6.44. The predicted octanol–water partition coefficient (Wildman–Crippen LogP) is 0.685. The summed E-state index contributed by atoms with van der Waals surface area (Å²) in [6.07, 6.45) is 8.98. The number of ether oxygens (including phenoxy) is 1. The van der Waals surface area contributed by atoms with Gasteiger partial charge in [0.1, 0.15) is 0 Å². The Morgan fingerprint density at radius 2 is 2.12 bits per heavy atom. The van der Waals surface area contributed by atoms with Crippen LogP contribution in [-0.2, 0) is 11.8 Å². The molecule has 0 spiro atoms. The van der Waals surface area contributed by atoms with E-state index >= 15 is 0 Å². The van der Waals surface area contributed by atoms with Crippen LogP contribution in [0.2, 0.25) is 0 Å². The van der Waals surface area contributed by atoms with E-state index in [2.05, 4.69) is 25.2 Å². The average Bonchev–Trinajstić information content (AvgIpc) is 3.20. The van der Waals surface area contributed by atoms with Crippen LogP contribution in [0.1, 0.15) is 29.0 Å². The Morgan fingerprint density at radius 1 is 1.32 bits per heavy atom. The summed E-state index contributed by atoms with van der Waals surface area (Å²) in [5, 5.41) is 3.09. The van der Waals surface area contributed by atoms with E-state index in [9.17, 15) is 4.79 Å². The minimum absolute atomic E-state index is 0.0529. The Morgan fingerprint density at radius 3 is 2.84 bits per heavy atom. The Labute approximate surface area is 146 Å². The minimum atomic E-state index is -0.183. The molecular weight excluding hydrogens is 320 g/mol. The third kappa shape index (κ3) is 2.97. The van der Waals surface area contributed by atoms with Gasteiger partial charge < -0.3 is 19.5 Å². The maximum atomic E-state index is 12.5. The Hall–Kier alpha value is -2.48. The van der Waals surface area contributed by atoms with Crippen molar-refractivity contribution in [2.24, 2.45) is 7.05 Å². The van der Waals surface area contributed by atoms with E-state index in [0.29, 0.717) is 18.3 Å². The van der Waals surface area contributed by atoms with Crippen molar-refractivity contribution < 1.29 is 9.53 Å². The lowest BCUT2D eigenvalue weighted by molar-refractivity contribution is 0.000530. The van der Waals surface area contributed by atoms with Crippen molar-refractivity contribution in [1.29, 1.82) is 0 Å². The average molecular weight is 342 g/mol. The number of hydrogen-bond acceptors (Lipinski definition) is 6. The van der Waals surface area contributed by atoms with Gasteiger partial charge in [-0.25, -0.2) is 15.0 Å². The summed E-state index contributed by atoms with van der Waals surface area (Å²) in [5.41, 5.74) is 1.03. The fraction of sp³-hybridized carbons (Fsp3) is 0.529. The third-order valence-electron chi connectivity index (χ3n) is 4.89. The number of imidazole rings is 1. The maximum absolute atomic E-state index is 12.5. The molecule has 2 saturated heterocycles. The number of aromatic nitrogens is 4. The SMILES string of the molecule is Cc1cnc(N2C[C@@H](NC(=O)c3nccn3C)[C@H]3OCCC[C@H]32)nc1. The molecule has 8 heteroatoms. The lowest BCUT2D eigenvalue weighted by Crippen LogP contribution is -2.48. The summed E-state index contributed by atoms with van der Waals surface area (Å²) in [5.74, 6) is 0.911. The van der Waals surface area contributed by atoms with Gasteiger partial charge >= 0.3 is 0 Å². The normalized spacial score (nSPS) is 25.7. The maximum Gasteiger partial charge on any atom is 0.287 e. The number of nitrogens with zero attached hydrogens (tertiary/aromatic N) is 5.